The van der Waals surface area contributed by atoms with Gasteiger partial charge in [0.25, 0.3) is 0 Å². The molecule has 7 heteroatoms. The summed E-state index contributed by atoms with van der Waals surface area (Å²) in [6.45, 7) is 7.21. The molecule has 0 radical (unpaired) electrons. The third-order valence-corrected chi connectivity index (χ3v) is 7.00. The number of benzene rings is 1. The molecule has 0 spiro atoms. The average Bonchev–Trinajstić information content (AvgIpc) is 3.02. The maximum atomic E-state index is 12.6. The van der Waals surface area contributed by atoms with Gasteiger partial charge in [-0.25, -0.2) is 4.98 Å². The van der Waals surface area contributed by atoms with Crippen molar-refractivity contribution in [2.75, 3.05) is 45.8 Å². The fourth-order valence-electron chi connectivity index (χ4n) is 4.05. The Balaban J connectivity index is 1.24. The van der Waals surface area contributed by atoms with Crippen molar-refractivity contribution in [1.29, 1.82) is 0 Å². The molecule has 0 N–H and O–H groups in total. The number of carbonyl (C=O) groups is 1. The molecule has 0 bridgehead atoms. The topological polar surface area (TPSA) is 39.7 Å². The van der Waals surface area contributed by atoms with Gasteiger partial charge in [-0.05, 0) is 25.0 Å². The first kappa shape index (κ1) is 20.8. The second-order valence-electron chi connectivity index (χ2n) is 8.00. The first-order valence-electron chi connectivity index (χ1n) is 10.6. The Labute approximate surface area is 182 Å². The minimum absolute atomic E-state index is 0.312. The molecule has 3 heterocycles. The fraction of sp³-hybridized carbons (Fsp3) is 0.545. The van der Waals surface area contributed by atoms with E-state index in [1.807, 2.05) is 24.3 Å². The van der Waals surface area contributed by atoms with E-state index in [4.69, 9.17) is 16.6 Å². The van der Waals surface area contributed by atoms with Gasteiger partial charge in [-0.3, -0.25) is 14.6 Å². The van der Waals surface area contributed by atoms with E-state index in [-0.39, 0.29) is 0 Å². The van der Waals surface area contributed by atoms with E-state index in [0.717, 1.165) is 79.9 Å². The zero-order valence-electron chi connectivity index (χ0n) is 16.9. The van der Waals surface area contributed by atoms with Crippen molar-refractivity contribution in [2.24, 2.45) is 0 Å². The molecule has 5 nitrogen and oxygen atoms in total. The van der Waals surface area contributed by atoms with Gasteiger partial charge >= 0.3 is 0 Å². The van der Waals surface area contributed by atoms with Crippen LogP contribution >= 0.6 is 22.9 Å². The lowest BCUT2D eigenvalue weighted by atomic mass is 10.2. The van der Waals surface area contributed by atoms with Gasteiger partial charge in [0.2, 0.25) is 5.91 Å². The number of hydrogen-bond donors (Lipinski definition) is 0. The number of aromatic nitrogens is 1. The standard InChI is InChI=1S/C22H29ClN4OS/c23-19-7-5-18(6-8-19)22-24-20(17-29-22)15-25-11-13-26(14-12-25)16-21(28)27-9-3-1-2-4-10-27/h5-8,17H,1-4,9-16H2. The summed E-state index contributed by atoms with van der Waals surface area (Å²) in [6.07, 6.45) is 4.84. The summed E-state index contributed by atoms with van der Waals surface area (Å²) < 4.78 is 0. The zero-order valence-corrected chi connectivity index (χ0v) is 18.4. The van der Waals surface area contributed by atoms with Gasteiger partial charge in [0.15, 0.2) is 0 Å². The predicted molar refractivity (Wildman–Crippen MR) is 119 cm³/mol. The van der Waals surface area contributed by atoms with Gasteiger partial charge in [0.1, 0.15) is 5.01 Å². The van der Waals surface area contributed by atoms with Crippen molar-refractivity contribution in [3.8, 4) is 10.6 Å². The van der Waals surface area contributed by atoms with E-state index in [1.54, 1.807) is 11.3 Å². The Bertz CT molecular complexity index is 793. The Hall–Kier alpha value is -1.47. The largest absolute Gasteiger partial charge is 0.342 e. The molecule has 2 aliphatic rings. The van der Waals surface area contributed by atoms with Crippen LogP contribution in [0.1, 0.15) is 31.4 Å². The summed E-state index contributed by atoms with van der Waals surface area (Å²) in [4.78, 5) is 24.2. The third kappa shape index (κ3) is 5.79. The fourth-order valence-corrected chi connectivity index (χ4v) is 4.99. The molecular formula is C22H29ClN4OS. The van der Waals surface area contributed by atoms with Crippen LogP contribution in [0.2, 0.25) is 5.02 Å². The van der Waals surface area contributed by atoms with Crippen LogP contribution in [0.25, 0.3) is 10.6 Å². The number of piperazine rings is 1. The second-order valence-corrected chi connectivity index (χ2v) is 9.29. The molecule has 1 aromatic heterocycles. The minimum Gasteiger partial charge on any atom is -0.342 e. The highest BCUT2D eigenvalue weighted by Gasteiger charge is 2.22. The molecule has 0 saturated carbocycles. The molecule has 2 aromatic rings. The number of hydrogen-bond acceptors (Lipinski definition) is 5. The summed E-state index contributed by atoms with van der Waals surface area (Å²) in [5.41, 5.74) is 2.23. The molecule has 29 heavy (non-hydrogen) atoms. The molecule has 0 aliphatic carbocycles. The summed E-state index contributed by atoms with van der Waals surface area (Å²) >= 11 is 7.66. The number of likely N-dealkylation sites (tertiary alicyclic amines) is 1. The van der Waals surface area contributed by atoms with Crippen molar-refractivity contribution < 1.29 is 4.79 Å². The molecular weight excluding hydrogens is 404 g/mol. The highest BCUT2D eigenvalue weighted by atomic mass is 35.5. The van der Waals surface area contributed by atoms with Crippen LogP contribution in [0.15, 0.2) is 29.6 Å². The van der Waals surface area contributed by atoms with Gasteiger partial charge in [-0.1, -0.05) is 36.6 Å². The highest BCUT2D eigenvalue weighted by Crippen LogP contribution is 2.25. The summed E-state index contributed by atoms with van der Waals surface area (Å²) in [6, 6.07) is 7.85. The Kier molecular flexibility index (Phi) is 7.19. The highest BCUT2D eigenvalue weighted by molar-refractivity contribution is 7.13. The molecule has 2 aliphatic heterocycles. The normalized spacial score (nSPS) is 19.3. The number of carbonyl (C=O) groups excluding carboxylic acids is 1. The molecule has 1 amide bonds. The van der Waals surface area contributed by atoms with Crippen molar-refractivity contribution >= 4 is 28.8 Å². The number of rotatable bonds is 5. The van der Waals surface area contributed by atoms with Gasteiger partial charge < -0.3 is 4.90 Å². The maximum Gasteiger partial charge on any atom is 0.236 e. The van der Waals surface area contributed by atoms with Crippen molar-refractivity contribution in [3.05, 3.63) is 40.4 Å². The van der Waals surface area contributed by atoms with E-state index < -0.39 is 0 Å². The average molecular weight is 433 g/mol. The minimum atomic E-state index is 0.312. The molecule has 0 atom stereocenters. The zero-order chi connectivity index (χ0) is 20.1. The summed E-state index contributed by atoms with van der Waals surface area (Å²) in [5.74, 6) is 0.312. The quantitative estimate of drug-likeness (QED) is 0.716. The third-order valence-electron chi connectivity index (χ3n) is 5.81. The molecule has 156 valence electrons. The number of nitrogens with zero attached hydrogens (tertiary/aromatic N) is 4. The van der Waals surface area contributed by atoms with Crippen molar-refractivity contribution in [2.45, 2.75) is 32.2 Å². The van der Waals surface area contributed by atoms with Crippen LogP contribution in [0.5, 0.6) is 0 Å². The first-order valence-corrected chi connectivity index (χ1v) is 11.9. The van der Waals surface area contributed by atoms with Crippen LogP contribution in [0, 0.1) is 0 Å². The van der Waals surface area contributed by atoms with Crippen molar-refractivity contribution in [3.63, 3.8) is 0 Å². The summed E-state index contributed by atoms with van der Waals surface area (Å²) in [5, 5.41) is 3.94. The van der Waals surface area contributed by atoms with E-state index in [9.17, 15) is 4.79 Å². The Morgan fingerprint density at radius 2 is 1.59 bits per heavy atom. The van der Waals surface area contributed by atoms with Crippen LogP contribution in [0.4, 0.5) is 0 Å². The lowest BCUT2D eigenvalue weighted by Crippen LogP contribution is -2.49. The molecule has 0 unspecified atom stereocenters. The van der Waals surface area contributed by atoms with Crippen molar-refractivity contribution in [1.82, 2.24) is 19.7 Å². The van der Waals surface area contributed by atoms with Gasteiger partial charge in [0, 0.05) is 61.8 Å². The maximum absolute atomic E-state index is 12.6. The first-order chi connectivity index (χ1) is 14.2. The SMILES string of the molecule is O=C(CN1CCN(Cc2csc(-c3ccc(Cl)cc3)n2)CC1)N1CCCCCC1. The van der Waals surface area contributed by atoms with E-state index in [2.05, 4.69) is 20.1 Å². The second kappa shape index (κ2) is 10.0. The number of amides is 1. The van der Waals surface area contributed by atoms with Crippen LogP contribution in [0.3, 0.4) is 0 Å². The smallest absolute Gasteiger partial charge is 0.236 e. The summed E-state index contributed by atoms with van der Waals surface area (Å²) in [7, 11) is 0. The van der Waals surface area contributed by atoms with Crippen LogP contribution in [-0.2, 0) is 11.3 Å². The molecule has 2 saturated heterocycles. The van der Waals surface area contributed by atoms with Crippen LogP contribution < -0.4 is 0 Å². The lowest BCUT2D eigenvalue weighted by molar-refractivity contribution is -0.132. The molecule has 1 aromatic carbocycles. The monoisotopic (exact) mass is 432 g/mol. The van der Waals surface area contributed by atoms with E-state index >= 15 is 0 Å². The lowest BCUT2D eigenvalue weighted by Gasteiger charge is -2.35. The van der Waals surface area contributed by atoms with Gasteiger partial charge in [-0.2, -0.15) is 0 Å². The van der Waals surface area contributed by atoms with E-state index in [1.165, 1.54) is 12.8 Å². The van der Waals surface area contributed by atoms with Gasteiger partial charge in [-0.15, -0.1) is 11.3 Å². The van der Waals surface area contributed by atoms with Gasteiger partial charge in [0.05, 0.1) is 12.2 Å². The number of halogens is 1. The number of thiazole rings is 1. The Morgan fingerprint density at radius 3 is 2.28 bits per heavy atom. The Morgan fingerprint density at radius 1 is 0.931 bits per heavy atom. The van der Waals surface area contributed by atoms with E-state index in [0.29, 0.717) is 12.5 Å². The van der Waals surface area contributed by atoms with Crippen LogP contribution in [-0.4, -0.2) is 71.4 Å². The predicted octanol–water partition coefficient (Wildman–Crippen LogP) is 3.98. The molecule has 2 fully saturated rings. The molecule has 4 rings (SSSR count).